The van der Waals surface area contributed by atoms with Gasteiger partial charge in [0.2, 0.25) is 0 Å². The summed E-state index contributed by atoms with van der Waals surface area (Å²) in [6.45, 7) is 0.679. The predicted molar refractivity (Wildman–Crippen MR) is 90.9 cm³/mol. The number of fused-ring (bicyclic) bond motifs is 1. The molecular weight excluding hydrogens is 274 g/mol. The van der Waals surface area contributed by atoms with E-state index in [0.29, 0.717) is 6.54 Å². The number of methoxy groups -OCH3 is 2. The predicted octanol–water partition coefficient (Wildman–Crippen LogP) is 4.02. The molecule has 2 aromatic carbocycles. The van der Waals surface area contributed by atoms with E-state index in [0.717, 1.165) is 35.1 Å². The summed E-state index contributed by atoms with van der Waals surface area (Å²) < 4.78 is 11.3. The average molecular weight is 299 g/mol. The van der Waals surface area contributed by atoms with Gasteiger partial charge in [-0.3, -0.25) is 0 Å². The molecule has 1 aliphatic rings. The largest absolute Gasteiger partial charge is 0.496 e. The lowest BCUT2D eigenvalue weighted by molar-refractivity contribution is 0.289. The molecule has 3 nitrogen and oxygen atoms in total. The fraction of sp³-hybridized carbons (Fsp3) is 0.474. The average Bonchev–Trinajstić information content (AvgIpc) is 2.60. The number of ether oxygens (including phenoxy) is 2. The highest BCUT2D eigenvalue weighted by atomic mass is 16.5. The van der Waals surface area contributed by atoms with Gasteiger partial charge in [0.05, 0.1) is 14.2 Å². The van der Waals surface area contributed by atoms with Crippen molar-refractivity contribution >= 4 is 10.8 Å². The van der Waals surface area contributed by atoms with Gasteiger partial charge in [-0.15, -0.1) is 0 Å². The third-order valence-electron chi connectivity index (χ3n) is 5.17. The summed E-state index contributed by atoms with van der Waals surface area (Å²) in [6.07, 6.45) is 6.10. The van der Waals surface area contributed by atoms with Gasteiger partial charge in [-0.05, 0) is 18.9 Å². The van der Waals surface area contributed by atoms with Crippen molar-refractivity contribution in [3.05, 3.63) is 35.9 Å². The smallest absolute Gasteiger partial charge is 0.130 e. The minimum atomic E-state index is 0.0564. The van der Waals surface area contributed by atoms with Gasteiger partial charge in [-0.25, -0.2) is 0 Å². The summed E-state index contributed by atoms with van der Waals surface area (Å²) in [7, 11) is 3.46. The van der Waals surface area contributed by atoms with Gasteiger partial charge in [0.15, 0.2) is 0 Å². The first kappa shape index (κ1) is 15.2. The zero-order valence-corrected chi connectivity index (χ0v) is 13.5. The van der Waals surface area contributed by atoms with Gasteiger partial charge in [0.25, 0.3) is 0 Å². The Morgan fingerprint density at radius 2 is 1.73 bits per heavy atom. The molecule has 0 spiro atoms. The van der Waals surface area contributed by atoms with Crippen LogP contribution in [0.4, 0.5) is 0 Å². The molecule has 0 bridgehead atoms. The molecule has 1 saturated carbocycles. The molecule has 0 aliphatic heterocycles. The molecule has 118 valence electrons. The van der Waals surface area contributed by atoms with E-state index in [1.807, 2.05) is 12.1 Å². The van der Waals surface area contributed by atoms with Gasteiger partial charge >= 0.3 is 0 Å². The number of rotatable bonds is 4. The quantitative estimate of drug-likeness (QED) is 0.927. The van der Waals surface area contributed by atoms with E-state index in [1.54, 1.807) is 14.2 Å². The zero-order valence-electron chi connectivity index (χ0n) is 13.5. The minimum absolute atomic E-state index is 0.0564. The molecule has 0 heterocycles. The van der Waals surface area contributed by atoms with Gasteiger partial charge in [0.1, 0.15) is 11.5 Å². The van der Waals surface area contributed by atoms with E-state index < -0.39 is 0 Å². The van der Waals surface area contributed by atoms with E-state index >= 15 is 0 Å². The van der Waals surface area contributed by atoms with Crippen LogP contribution in [0.25, 0.3) is 10.8 Å². The lowest BCUT2D eigenvalue weighted by atomic mass is 9.69. The van der Waals surface area contributed by atoms with Crippen LogP contribution >= 0.6 is 0 Å². The SMILES string of the molecule is COc1cccc2c(OC)c(C3(CN)CCCCC3)ccc12. The second-order valence-corrected chi connectivity index (χ2v) is 6.25. The molecule has 0 atom stereocenters. The van der Waals surface area contributed by atoms with Crippen molar-refractivity contribution in [1.82, 2.24) is 0 Å². The zero-order chi connectivity index (χ0) is 15.6. The van der Waals surface area contributed by atoms with E-state index in [9.17, 15) is 0 Å². The lowest BCUT2D eigenvalue weighted by Crippen LogP contribution is -2.37. The fourth-order valence-corrected chi connectivity index (χ4v) is 3.93. The third-order valence-corrected chi connectivity index (χ3v) is 5.17. The molecule has 3 rings (SSSR count). The topological polar surface area (TPSA) is 44.5 Å². The standard InChI is InChI=1S/C19H25NO2/c1-21-17-8-6-7-15-14(17)9-10-16(18(15)22-2)19(13-20)11-4-3-5-12-19/h6-10H,3-5,11-13,20H2,1-2H3. The van der Waals surface area contributed by atoms with Crippen LogP contribution in [0, 0.1) is 0 Å². The summed E-state index contributed by atoms with van der Waals surface area (Å²) in [5.74, 6) is 1.84. The van der Waals surface area contributed by atoms with Crippen molar-refractivity contribution in [2.24, 2.45) is 5.73 Å². The molecule has 2 aromatic rings. The number of nitrogens with two attached hydrogens (primary N) is 1. The van der Waals surface area contributed by atoms with Crippen molar-refractivity contribution < 1.29 is 9.47 Å². The van der Waals surface area contributed by atoms with Gasteiger partial charge in [-0.2, -0.15) is 0 Å². The molecule has 3 heteroatoms. The van der Waals surface area contributed by atoms with Gasteiger partial charge in [0, 0.05) is 28.3 Å². The van der Waals surface area contributed by atoms with E-state index in [4.69, 9.17) is 15.2 Å². The van der Waals surface area contributed by atoms with Crippen LogP contribution in [0.5, 0.6) is 11.5 Å². The minimum Gasteiger partial charge on any atom is -0.496 e. The Labute approximate surface area is 132 Å². The van der Waals surface area contributed by atoms with Crippen LogP contribution < -0.4 is 15.2 Å². The monoisotopic (exact) mass is 299 g/mol. The van der Waals surface area contributed by atoms with Crippen molar-refractivity contribution in [1.29, 1.82) is 0 Å². The van der Waals surface area contributed by atoms with E-state index in [-0.39, 0.29) is 5.41 Å². The normalized spacial score (nSPS) is 17.4. The van der Waals surface area contributed by atoms with Crippen LogP contribution in [0.2, 0.25) is 0 Å². The third kappa shape index (κ3) is 2.34. The molecule has 0 radical (unpaired) electrons. The molecule has 1 fully saturated rings. The molecule has 0 amide bonds. The summed E-state index contributed by atoms with van der Waals surface area (Å²) in [6, 6.07) is 10.5. The van der Waals surface area contributed by atoms with Crippen molar-refractivity contribution in [3.8, 4) is 11.5 Å². The molecule has 0 saturated heterocycles. The number of benzene rings is 2. The summed E-state index contributed by atoms with van der Waals surface area (Å²) in [4.78, 5) is 0. The van der Waals surface area contributed by atoms with Crippen LogP contribution in [-0.2, 0) is 5.41 Å². The van der Waals surface area contributed by atoms with Crippen molar-refractivity contribution in [2.45, 2.75) is 37.5 Å². The molecule has 2 N–H and O–H groups in total. The maximum Gasteiger partial charge on any atom is 0.130 e. The molecule has 22 heavy (non-hydrogen) atoms. The first-order chi connectivity index (χ1) is 10.8. The molecule has 0 aromatic heterocycles. The van der Waals surface area contributed by atoms with Crippen LogP contribution in [0.15, 0.2) is 30.3 Å². The molecular formula is C19H25NO2. The Bertz CT molecular complexity index is 660. The number of hydrogen-bond donors (Lipinski definition) is 1. The summed E-state index contributed by atoms with van der Waals surface area (Å²) in [5, 5.41) is 2.20. The summed E-state index contributed by atoms with van der Waals surface area (Å²) >= 11 is 0. The first-order valence-corrected chi connectivity index (χ1v) is 8.10. The van der Waals surface area contributed by atoms with E-state index in [1.165, 1.54) is 24.8 Å². The van der Waals surface area contributed by atoms with Gasteiger partial charge < -0.3 is 15.2 Å². The van der Waals surface area contributed by atoms with Crippen LogP contribution in [0.1, 0.15) is 37.7 Å². The highest BCUT2D eigenvalue weighted by molar-refractivity contribution is 5.94. The Hall–Kier alpha value is -1.74. The maximum atomic E-state index is 6.21. The molecule has 1 aliphatic carbocycles. The Balaban J connectivity index is 2.22. The van der Waals surface area contributed by atoms with Crippen molar-refractivity contribution in [2.75, 3.05) is 20.8 Å². The Morgan fingerprint density at radius 1 is 0.955 bits per heavy atom. The highest BCUT2D eigenvalue weighted by Gasteiger charge is 2.35. The Kier molecular flexibility index (Phi) is 4.25. The lowest BCUT2D eigenvalue weighted by Gasteiger charge is -2.38. The maximum absolute atomic E-state index is 6.21. The number of hydrogen-bond acceptors (Lipinski definition) is 3. The van der Waals surface area contributed by atoms with Crippen LogP contribution in [0.3, 0.4) is 0 Å². The highest BCUT2D eigenvalue weighted by Crippen LogP contribution is 2.46. The second-order valence-electron chi connectivity index (χ2n) is 6.25. The second kappa shape index (κ2) is 6.17. The van der Waals surface area contributed by atoms with Gasteiger partial charge in [-0.1, -0.05) is 43.5 Å². The van der Waals surface area contributed by atoms with E-state index in [2.05, 4.69) is 18.2 Å². The molecule has 0 unspecified atom stereocenters. The Morgan fingerprint density at radius 3 is 2.36 bits per heavy atom. The fourth-order valence-electron chi connectivity index (χ4n) is 3.93. The van der Waals surface area contributed by atoms with Crippen LogP contribution in [-0.4, -0.2) is 20.8 Å². The van der Waals surface area contributed by atoms with Crippen molar-refractivity contribution in [3.63, 3.8) is 0 Å². The first-order valence-electron chi connectivity index (χ1n) is 8.10. The summed E-state index contributed by atoms with van der Waals surface area (Å²) in [5.41, 5.74) is 7.53.